The van der Waals surface area contributed by atoms with Crippen LogP contribution in [0.25, 0.3) is 0 Å². The van der Waals surface area contributed by atoms with Crippen molar-refractivity contribution < 1.29 is 15.0 Å². The smallest absolute Gasteiger partial charge is 0.220 e. The van der Waals surface area contributed by atoms with Crippen LogP contribution in [0.4, 0.5) is 0 Å². The van der Waals surface area contributed by atoms with Gasteiger partial charge in [0.1, 0.15) is 0 Å². The fourth-order valence-electron chi connectivity index (χ4n) is 5.44. The highest BCUT2D eigenvalue weighted by atomic mass is 16.3. The van der Waals surface area contributed by atoms with E-state index in [1.54, 1.807) is 6.08 Å². The van der Waals surface area contributed by atoms with E-state index in [9.17, 15) is 15.0 Å². The summed E-state index contributed by atoms with van der Waals surface area (Å²) in [5, 5.41) is 22.9. The zero-order chi connectivity index (χ0) is 34.3. The number of aliphatic hydroxyl groups is 2. The minimum absolute atomic E-state index is 0.0868. The summed E-state index contributed by atoms with van der Waals surface area (Å²) in [6.07, 6.45) is 54.1. The lowest BCUT2D eigenvalue weighted by molar-refractivity contribution is -0.123. The Kier molecular flexibility index (Phi) is 36.5. The number of carbonyl (C=O) groups excluding carboxylic acids is 1. The molecule has 2 atom stereocenters. The number of carbonyl (C=O) groups is 1. The van der Waals surface area contributed by atoms with Crippen LogP contribution in [0.3, 0.4) is 0 Å². The van der Waals surface area contributed by atoms with Crippen LogP contribution in [0, 0.1) is 0 Å². The van der Waals surface area contributed by atoms with E-state index in [4.69, 9.17) is 0 Å². The molecule has 0 aromatic carbocycles. The summed E-state index contributed by atoms with van der Waals surface area (Å²) >= 11 is 0. The number of rotatable bonds is 34. The Morgan fingerprint density at radius 2 is 0.936 bits per heavy atom. The van der Waals surface area contributed by atoms with Crippen LogP contribution in [0.1, 0.15) is 174 Å². The number of hydrogen-bond donors (Lipinski definition) is 3. The molecular formula is C43H75NO3. The molecule has 270 valence electrons. The lowest BCUT2D eigenvalue weighted by atomic mass is 10.0. The van der Waals surface area contributed by atoms with Gasteiger partial charge in [0, 0.05) is 6.42 Å². The lowest BCUT2D eigenvalue weighted by Gasteiger charge is -2.20. The van der Waals surface area contributed by atoms with Crippen molar-refractivity contribution >= 4 is 5.91 Å². The van der Waals surface area contributed by atoms with Gasteiger partial charge in [0.2, 0.25) is 5.91 Å². The quantitative estimate of drug-likeness (QED) is 0.0478. The summed E-state index contributed by atoms with van der Waals surface area (Å²) in [4.78, 5) is 12.3. The number of allylic oxidation sites excluding steroid dienone is 11. The molecule has 0 saturated heterocycles. The monoisotopic (exact) mass is 654 g/mol. The molecule has 0 saturated carbocycles. The van der Waals surface area contributed by atoms with E-state index in [-0.39, 0.29) is 12.5 Å². The van der Waals surface area contributed by atoms with Crippen molar-refractivity contribution in [1.29, 1.82) is 0 Å². The van der Waals surface area contributed by atoms with Gasteiger partial charge in [-0.1, -0.05) is 177 Å². The van der Waals surface area contributed by atoms with Crippen molar-refractivity contribution in [3.05, 3.63) is 72.9 Å². The van der Waals surface area contributed by atoms with E-state index in [1.807, 2.05) is 6.08 Å². The first kappa shape index (κ1) is 44.8. The Bertz CT molecular complexity index is 838. The maximum Gasteiger partial charge on any atom is 0.220 e. The van der Waals surface area contributed by atoms with Crippen molar-refractivity contribution in [2.75, 3.05) is 6.61 Å². The number of nitrogens with one attached hydrogen (secondary N) is 1. The largest absolute Gasteiger partial charge is 0.394 e. The second kappa shape index (κ2) is 38.3. The summed E-state index contributed by atoms with van der Waals surface area (Å²) in [6, 6.07) is -0.635. The van der Waals surface area contributed by atoms with Crippen LogP contribution in [0.2, 0.25) is 0 Å². The number of unbranched alkanes of at least 4 members (excludes halogenated alkanes) is 17. The standard InChI is InChI=1S/C43H75NO3/c1-3-5-7-9-11-13-15-17-19-20-21-22-23-24-25-27-29-31-33-35-37-39-43(47)44-41(40-45)42(46)38-36-34-32-30-28-26-18-16-14-12-10-8-6-4-2/h5,7,11,13,17,19,21-22,24-25,36,38,41-42,45-46H,3-4,6,8-10,12,14-16,18,20,23,26-35,37,39-40H2,1-2H3,(H,44,47)/b7-5-,13-11-,19-17-,22-21-,25-24-,38-36+. The summed E-state index contributed by atoms with van der Waals surface area (Å²) in [6.45, 7) is 4.17. The third-order valence-electron chi connectivity index (χ3n) is 8.45. The molecule has 0 fully saturated rings. The second-order valence-corrected chi connectivity index (χ2v) is 13.0. The van der Waals surface area contributed by atoms with Crippen LogP contribution in [0.15, 0.2) is 72.9 Å². The highest BCUT2D eigenvalue weighted by molar-refractivity contribution is 5.76. The van der Waals surface area contributed by atoms with Crippen molar-refractivity contribution in [3.63, 3.8) is 0 Å². The lowest BCUT2D eigenvalue weighted by Crippen LogP contribution is -2.45. The second-order valence-electron chi connectivity index (χ2n) is 13.0. The maximum atomic E-state index is 12.3. The van der Waals surface area contributed by atoms with Crippen LogP contribution < -0.4 is 5.32 Å². The molecule has 4 nitrogen and oxygen atoms in total. The van der Waals surface area contributed by atoms with Gasteiger partial charge in [-0.05, 0) is 64.2 Å². The van der Waals surface area contributed by atoms with Gasteiger partial charge < -0.3 is 15.5 Å². The third kappa shape index (κ3) is 35.0. The minimum atomic E-state index is -0.850. The summed E-state index contributed by atoms with van der Waals surface area (Å²) in [5.41, 5.74) is 0. The normalized spacial score (nSPS) is 13.9. The van der Waals surface area contributed by atoms with E-state index in [2.05, 4.69) is 79.9 Å². The van der Waals surface area contributed by atoms with Crippen LogP contribution >= 0.6 is 0 Å². The fraction of sp³-hybridized carbons (Fsp3) is 0.698. The zero-order valence-corrected chi connectivity index (χ0v) is 30.8. The molecule has 47 heavy (non-hydrogen) atoms. The van der Waals surface area contributed by atoms with E-state index >= 15 is 0 Å². The van der Waals surface area contributed by atoms with Crippen molar-refractivity contribution in [3.8, 4) is 0 Å². The minimum Gasteiger partial charge on any atom is -0.394 e. The predicted octanol–water partition coefficient (Wildman–Crippen LogP) is 12.0. The Balaban J connectivity index is 3.70. The Morgan fingerprint density at radius 3 is 1.40 bits per heavy atom. The average Bonchev–Trinajstić information content (AvgIpc) is 3.07. The average molecular weight is 654 g/mol. The molecule has 4 heteroatoms. The van der Waals surface area contributed by atoms with E-state index in [0.29, 0.717) is 6.42 Å². The van der Waals surface area contributed by atoms with Gasteiger partial charge in [-0.25, -0.2) is 0 Å². The molecule has 0 aromatic heterocycles. The summed E-state index contributed by atoms with van der Waals surface area (Å²) < 4.78 is 0. The molecule has 1 amide bonds. The molecule has 0 aliphatic heterocycles. The first-order valence-corrected chi connectivity index (χ1v) is 19.7. The van der Waals surface area contributed by atoms with E-state index in [1.165, 1.54) is 83.5 Å². The van der Waals surface area contributed by atoms with Gasteiger partial charge in [0.25, 0.3) is 0 Å². The Morgan fingerprint density at radius 1 is 0.532 bits per heavy atom. The van der Waals surface area contributed by atoms with E-state index < -0.39 is 12.1 Å². The summed E-state index contributed by atoms with van der Waals surface area (Å²) in [7, 11) is 0. The third-order valence-corrected chi connectivity index (χ3v) is 8.45. The van der Waals surface area contributed by atoms with Crippen molar-refractivity contribution in [2.45, 2.75) is 187 Å². The zero-order valence-electron chi connectivity index (χ0n) is 30.8. The van der Waals surface area contributed by atoms with Crippen LogP contribution in [0.5, 0.6) is 0 Å². The number of hydrogen-bond acceptors (Lipinski definition) is 3. The van der Waals surface area contributed by atoms with Crippen molar-refractivity contribution in [1.82, 2.24) is 5.32 Å². The number of amides is 1. The van der Waals surface area contributed by atoms with Crippen LogP contribution in [-0.2, 0) is 4.79 Å². The molecule has 0 rings (SSSR count). The highest BCUT2D eigenvalue weighted by Gasteiger charge is 2.17. The van der Waals surface area contributed by atoms with Gasteiger partial charge in [-0.2, -0.15) is 0 Å². The van der Waals surface area contributed by atoms with Gasteiger partial charge in [-0.15, -0.1) is 0 Å². The van der Waals surface area contributed by atoms with Gasteiger partial charge in [0.05, 0.1) is 18.8 Å². The number of aliphatic hydroxyl groups excluding tert-OH is 2. The fourth-order valence-corrected chi connectivity index (χ4v) is 5.44. The molecule has 0 aromatic rings. The van der Waals surface area contributed by atoms with E-state index in [0.717, 1.165) is 70.6 Å². The Labute approximate surface area is 291 Å². The first-order chi connectivity index (χ1) is 23.2. The van der Waals surface area contributed by atoms with Gasteiger partial charge >= 0.3 is 0 Å². The van der Waals surface area contributed by atoms with Crippen molar-refractivity contribution in [2.24, 2.45) is 0 Å². The molecule has 0 aliphatic carbocycles. The van der Waals surface area contributed by atoms with Gasteiger partial charge in [-0.3, -0.25) is 4.79 Å². The molecule has 2 unspecified atom stereocenters. The SMILES string of the molecule is CC/C=C\C/C=C\C/C=C\C/C=C\C/C=C\CCCCCCCC(=O)NC(CO)C(O)/C=C/CCCCCCCCCCCCCC. The topological polar surface area (TPSA) is 69.6 Å². The summed E-state index contributed by atoms with van der Waals surface area (Å²) in [5.74, 6) is -0.0868. The molecule has 3 N–H and O–H groups in total. The predicted molar refractivity (Wildman–Crippen MR) is 207 cm³/mol. The molecule has 0 radical (unpaired) electrons. The molecule has 0 spiro atoms. The molecule has 0 heterocycles. The maximum absolute atomic E-state index is 12.3. The Hall–Kier alpha value is -2.17. The molecular weight excluding hydrogens is 578 g/mol. The van der Waals surface area contributed by atoms with Gasteiger partial charge in [0.15, 0.2) is 0 Å². The first-order valence-electron chi connectivity index (χ1n) is 19.7. The molecule has 0 bridgehead atoms. The van der Waals surface area contributed by atoms with Crippen LogP contribution in [-0.4, -0.2) is 34.9 Å². The highest BCUT2D eigenvalue weighted by Crippen LogP contribution is 2.13. The molecule has 0 aliphatic rings.